The van der Waals surface area contributed by atoms with Crippen LogP contribution >= 0.6 is 0 Å². The molecule has 1 fully saturated rings. The summed E-state index contributed by atoms with van der Waals surface area (Å²) < 4.78 is 32.0. The smallest absolute Gasteiger partial charge is 0.434 e. The number of likely N-dealkylation sites (tertiary alicyclic amines) is 1. The summed E-state index contributed by atoms with van der Waals surface area (Å²) in [5, 5.41) is 15.4. The number of benzene rings is 1. The van der Waals surface area contributed by atoms with Crippen LogP contribution in [0.1, 0.15) is 74.3 Å². The summed E-state index contributed by atoms with van der Waals surface area (Å²) in [6, 6.07) is 4.46. The van der Waals surface area contributed by atoms with Crippen molar-refractivity contribution in [3.63, 3.8) is 0 Å². The van der Waals surface area contributed by atoms with Crippen molar-refractivity contribution in [1.29, 1.82) is 0 Å². The summed E-state index contributed by atoms with van der Waals surface area (Å²) in [7, 11) is 0. The van der Waals surface area contributed by atoms with Crippen LogP contribution in [0, 0.1) is 26.1 Å². The van der Waals surface area contributed by atoms with Crippen LogP contribution in [-0.2, 0) is 22.4 Å². The zero-order chi connectivity index (χ0) is 28.4. The van der Waals surface area contributed by atoms with Gasteiger partial charge in [-0.05, 0) is 37.8 Å². The SMILES string of the molecule is Cc1nc2n(c(=O)c1CC[N+]1(COC(=O)OCC(C)C)CCC(c3noc4cc(F)ccc34)CC1)CCCC2O.[CH3-]. The number of aliphatic hydroxyl groups excluding tert-OH is 1. The van der Waals surface area contributed by atoms with E-state index in [1.807, 2.05) is 20.8 Å². The largest absolute Gasteiger partial charge is 0.512 e. The number of carbonyl (C=O) groups is 1. The number of hydrogen-bond acceptors (Lipinski definition) is 8. The highest BCUT2D eigenvalue weighted by atomic mass is 19.1. The van der Waals surface area contributed by atoms with E-state index in [-0.39, 0.29) is 44.0 Å². The Hall–Kier alpha value is -3.31. The molecule has 1 aromatic carbocycles. The van der Waals surface area contributed by atoms with Gasteiger partial charge in [-0.1, -0.05) is 19.0 Å². The Balaban J connectivity index is 0.00000387. The minimum Gasteiger partial charge on any atom is -0.434 e. The number of aliphatic hydroxyl groups is 1. The number of carbonyl (C=O) groups excluding carboxylic acids is 1. The van der Waals surface area contributed by atoms with Gasteiger partial charge in [0.2, 0.25) is 6.73 Å². The summed E-state index contributed by atoms with van der Waals surface area (Å²) in [5.74, 6) is 0.389. The Labute approximate surface area is 239 Å². The maximum absolute atomic E-state index is 13.7. The average Bonchev–Trinajstić information content (AvgIpc) is 3.34. The number of fused-ring (bicyclic) bond motifs is 2. The second kappa shape index (κ2) is 12.7. The number of rotatable bonds is 8. The molecule has 1 saturated heterocycles. The molecule has 1 N–H and O–H groups in total. The highest BCUT2D eigenvalue weighted by Gasteiger charge is 2.38. The van der Waals surface area contributed by atoms with Gasteiger partial charge in [0.05, 0.1) is 31.9 Å². The average molecular weight is 573 g/mol. The van der Waals surface area contributed by atoms with E-state index in [9.17, 15) is 19.1 Å². The summed E-state index contributed by atoms with van der Waals surface area (Å²) in [6.07, 6.45) is 1.91. The Morgan fingerprint density at radius 2 is 2.00 bits per heavy atom. The summed E-state index contributed by atoms with van der Waals surface area (Å²) in [6.45, 7) is 8.65. The Morgan fingerprint density at radius 1 is 1.24 bits per heavy atom. The van der Waals surface area contributed by atoms with E-state index in [4.69, 9.17) is 14.0 Å². The van der Waals surface area contributed by atoms with Gasteiger partial charge >= 0.3 is 6.16 Å². The van der Waals surface area contributed by atoms with E-state index in [2.05, 4.69) is 10.1 Å². The lowest BCUT2D eigenvalue weighted by Gasteiger charge is -2.42. The molecule has 0 saturated carbocycles. The number of quaternary nitrogens is 1. The lowest BCUT2D eigenvalue weighted by atomic mass is 9.90. The fraction of sp³-hybridized carbons (Fsp3) is 0.567. The molecule has 2 aromatic heterocycles. The minimum absolute atomic E-state index is 0. The highest BCUT2D eigenvalue weighted by Crippen LogP contribution is 2.35. The van der Waals surface area contributed by atoms with Crippen molar-refractivity contribution in [3.8, 4) is 0 Å². The van der Waals surface area contributed by atoms with Gasteiger partial charge in [-0.2, -0.15) is 0 Å². The van der Waals surface area contributed by atoms with Crippen LogP contribution in [0.3, 0.4) is 0 Å². The number of aromatic nitrogens is 3. The van der Waals surface area contributed by atoms with Crippen LogP contribution in [0.4, 0.5) is 9.18 Å². The third-order valence-corrected chi connectivity index (χ3v) is 8.24. The highest BCUT2D eigenvalue weighted by molar-refractivity contribution is 5.79. The standard InChI is InChI=1S/C29H38FN4O6.CH3/c1-18(2)16-38-29(37)39-17-34(14-10-22-19(3)31-27-24(35)5-4-11-33(27)28(22)36)12-8-20(9-13-34)26-23-7-6-21(30)15-25(23)40-32-26;/h6-7,15,18,20,24,35H,4-5,8-14,16-17H2,1-3H3;1H3/q+1;-1. The van der Waals surface area contributed by atoms with Gasteiger partial charge in [0.1, 0.15) is 17.7 Å². The molecule has 5 rings (SSSR count). The number of piperidine rings is 1. The lowest BCUT2D eigenvalue weighted by molar-refractivity contribution is -0.948. The summed E-state index contributed by atoms with van der Waals surface area (Å²) in [5.41, 5.74) is 2.40. The first-order valence-corrected chi connectivity index (χ1v) is 14.1. The van der Waals surface area contributed by atoms with Crippen molar-refractivity contribution >= 4 is 17.1 Å². The van der Waals surface area contributed by atoms with Gasteiger partial charge in [0.15, 0.2) is 5.58 Å². The molecule has 10 nitrogen and oxygen atoms in total. The molecule has 224 valence electrons. The normalized spacial score (nSPS) is 22.3. The monoisotopic (exact) mass is 572 g/mol. The quantitative estimate of drug-likeness (QED) is 0.232. The molecule has 0 aliphatic carbocycles. The predicted octanol–water partition coefficient (Wildman–Crippen LogP) is 4.81. The first-order chi connectivity index (χ1) is 19.2. The minimum atomic E-state index is -0.721. The van der Waals surface area contributed by atoms with E-state index in [1.165, 1.54) is 12.1 Å². The second-order valence-corrected chi connectivity index (χ2v) is 11.6. The van der Waals surface area contributed by atoms with Crippen molar-refractivity contribution in [1.82, 2.24) is 14.7 Å². The first kappa shape index (κ1) is 30.6. The third-order valence-electron chi connectivity index (χ3n) is 8.24. The lowest BCUT2D eigenvalue weighted by Crippen LogP contribution is -2.55. The molecule has 2 aliphatic rings. The Bertz CT molecular complexity index is 1430. The fourth-order valence-corrected chi connectivity index (χ4v) is 5.90. The van der Waals surface area contributed by atoms with E-state index < -0.39 is 12.3 Å². The molecule has 11 heteroatoms. The molecule has 1 unspecified atom stereocenters. The Kier molecular flexibility index (Phi) is 9.48. The van der Waals surface area contributed by atoms with Crippen molar-refractivity contribution in [2.45, 2.75) is 71.4 Å². The van der Waals surface area contributed by atoms with Crippen molar-refractivity contribution in [2.24, 2.45) is 5.92 Å². The number of hydrogen-bond donors (Lipinski definition) is 1. The molecule has 0 bridgehead atoms. The Morgan fingerprint density at radius 3 is 2.73 bits per heavy atom. The van der Waals surface area contributed by atoms with E-state index in [1.54, 1.807) is 10.6 Å². The van der Waals surface area contributed by atoms with Gasteiger partial charge in [-0.15, -0.1) is 0 Å². The maximum atomic E-state index is 13.7. The summed E-state index contributed by atoms with van der Waals surface area (Å²) in [4.78, 5) is 30.3. The van der Waals surface area contributed by atoms with Crippen LogP contribution in [0.5, 0.6) is 0 Å². The van der Waals surface area contributed by atoms with Crippen molar-refractivity contribution in [3.05, 3.63) is 64.6 Å². The van der Waals surface area contributed by atoms with E-state index in [0.29, 0.717) is 66.2 Å². The molecule has 41 heavy (non-hydrogen) atoms. The number of aryl methyl sites for hydroxylation is 1. The van der Waals surface area contributed by atoms with Crippen molar-refractivity contribution < 1.29 is 32.8 Å². The molecule has 3 aromatic rings. The fourth-order valence-electron chi connectivity index (χ4n) is 5.90. The van der Waals surface area contributed by atoms with E-state index >= 15 is 0 Å². The molecule has 2 aliphatic heterocycles. The molecule has 0 spiro atoms. The molecular weight excluding hydrogens is 531 g/mol. The van der Waals surface area contributed by atoms with Crippen molar-refractivity contribution in [2.75, 3.05) is 33.0 Å². The van der Waals surface area contributed by atoms with Crippen LogP contribution in [0.25, 0.3) is 11.0 Å². The van der Waals surface area contributed by atoms with Gasteiger partial charge in [-0.3, -0.25) is 13.8 Å². The van der Waals surface area contributed by atoms with Gasteiger partial charge in [0, 0.05) is 54.4 Å². The molecule has 0 radical (unpaired) electrons. The molecule has 0 amide bonds. The van der Waals surface area contributed by atoms with Crippen LogP contribution < -0.4 is 5.56 Å². The predicted molar refractivity (Wildman–Crippen MR) is 150 cm³/mol. The number of ether oxygens (including phenoxy) is 2. The number of nitrogens with zero attached hydrogens (tertiary/aromatic N) is 4. The van der Waals surface area contributed by atoms with E-state index in [0.717, 1.165) is 30.3 Å². The first-order valence-electron chi connectivity index (χ1n) is 14.1. The zero-order valence-corrected chi connectivity index (χ0v) is 24.4. The third kappa shape index (κ3) is 6.62. The van der Waals surface area contributed by atoms with Gasteiger partial charge < -0.3 is 26.5 Å². The maximum Gasteiger partial charge on any atom is 0.512 e. The zero-order valence-electron chi connectivity index (χ0n) is 24.4. The molecule has 1 atom stereocenters. The van der Waals surface area contributed by atoms with Crippen LogP contribution in [0.2, 0.25) is 0 Å². The second-order valence-electron chi connectivity index (χ2n) is 11.6. The van der Waals surface area contributed by atoms with Gasteiger partial charge in [0.25, 0.3) is 5.56 Å². The van der Waals surface area contributed by atoms with Gasteiger partial charge in [-0.25, -0.2) is 14.2 Å². The van der Waals surface area contributed by atoms with Crippen LogP contribution in [0.15, 0.2) is 27.5 Å². The van der Waals surface area contributed by atoms with Crippen LogP contribution in [-0.4, -0.2) is 63.4 Å². The molecular formula is C30H41FN4O6. The number of halogens is 1. The molecule has 4 heterocycles. The summed E-state index contributed by atoms with van der Waals surface area (Å²) >= 11 is 0. The topological polar surface area (TPSA) is 117 Å².